The average Bonchev–Trinajstić information content (AvgIpc) is 3.52. The highest BCUT2D eigenvalue weighted by Crippen LogP contribution is 2.27. The molecule has 0 fully saturated rings. The third-order valence-electron chi connectivity index (χ3n) is 5.99. The number of hydrogen-bond donors (Lipinski definition) is 3. The molecule has 0 saturated heterocycles. The van der Waals surface area contributed by atoms with Crippen molar-refractivity contribution in [3.8, 4) is 5.69 Å². The maximum atomic E-state index is 12.8. The lowest BCUT2D eigenvalue weighted by Gasteiger charge is -2.14. The monoisotopic (exact) mass is 635 g/mol. The van der Waals surface area contributed by atoms with Crippen molar-refractivity contribution in [2.45, 2.75) is 30.8 Å². The predicted octanol–water partition coefficient (Wildman–Crippen LogP) is 5.90. The van der Waals surface area contributed by atoms with E-state index in [9.17, 15) is 4.79 Å². The number of carbonyl (C=O) groups excluding carboxylic acids is 1. The predicted molar refractivity (Wildman–Crippen MR) is 162 cm³/mol. The zero-order chi connectivity index (χ0) is 26.5. The second kappa shape index (κ2) is 11.8. The minimum Gasteiger partial charge on any atom is -0.378 e. The van der Waals surface area contributed by atoms with Crippen molar-refractivity contribution in [2.24, 2.45) is 5.10 Å². The quantitative estimate of drug-likeness (QED) is 0.0811. The molecule has 3 aromatic carbocycles. The minimum absolute atomic E-state index is 0.220. The molecule has 5 aromatic rings. The van der Waals surface area contributed by atoms with Crippen LogP contribution in [0.15, 0.2) is 89.3 Å². The molecule has 0 aliphatic rings. The first-order valence-electron chi connectivity index (χ1n) is 12.0. The number of hydrogen-bond acceptors (Lipinski definition) is 6. The maximum Gasteiger partial charge on any atom is 0.253 e. The Balaban J connectivity index is 1.30. The number of fused-ring (bicyclic) bond motifs is 1. The first-order valence-corrected chi connectivity index (χ1v) is 14.0. The van der Waals surface area contributed by atoms with Crippen molar-refractivity contribution in [1.82, 2.24) is 25.2 Å². The third kappa shape index (κ3) is 5.91. The van der Waals surface area contributed by atoms with Gasteiger partial charge in [0.1, 0.15) is 0 Å². The Bertz CT molecular complexity index is 1600. The Morgan fingerprint density at radius 1 is 1.13 bits per heavy atom. The van der Waals surface area contributed by atoms with Crippen LogP contribution in [0.25, 0.3) is 16.6 Å². The molecule has 1 amide bonds. The van der Waals surface area contributed by atoms with Crippen LogP contribution in [0.3, 0.4) is 0 Å². The summed E-state index contributed by atoms with van der Waals surface area (Å²) in [6.45, 7) is 4.40. The number of rotatable bonds is 9. The second-order valence-corrected chi connectivity index (χ2v) is 11.2. The highest BCUT2D eigenvalue weighted by molar-refractivity contribution is 14.1. The van der Waals surface area contributed by atoms with Gasteiger partial charge in [0.2, 0.25) is 0 Å². The molecule has 1 unspecified atom stereocenters. The summed E-state index contributed by atoms with van der Waals surface area (Å²) in [4.78, 5) is 16.0. The fourth-order valence-corrected chi connectivity index (χ4v) is 5.52. The molecule has 0 radical (unpaired) electrons. The van der Waals surface area contributed by atoms with Crippen molar-refractivity contribution < 1.29 is 4.79 Å². The van der Waals surface area contributed by atoms with E-state index in [4.69, 9.17) is 0 Å². The van der Waals surface area contributed by atoms with Crippen LogP contribution in [0.5, 0.6) is 0 Å². The van der Waals surface area contributed by atoms with Gasteiger partial charge in [0.05, 0.1) is 18.0 Å². The molecule has 0 aliphatic carbocycles. The van der Waals surface area contributed by atoms with Crippen LogP contribution in [-0.2, 0) is 11.3 Å². The Morgan fingerprint density at radius 2 is 1.92 bits per heavy atom. The number of amides is 1. The molecule has 10 heteroatoms. The van der Waals surface area contributed by atoms with Crippen molar-refractivity contribution in [2.75, 3.05) is 5.32 Å². The van der Waals surface area contributed by atoms with Gasteiger partial charge in [-0.1, -0.05) is 48.2 Å². The number of carbonyl (C=O) groups is 1. The van der Waals surface area contributed by atoms with E-state index in [0.29, 0.717) is 11.7 Å². The van der Waals surface area contributed by atoms with Crippen molar-refractivity contribution >= 4 is 63.1 Å². The van der Waals surface area contributed by atoms with Gasteiger partial charge in [0, 0.05) is 37.6 Å². The van der Waals surface area contributed by atoms with Crippen LogP contribution in [-0.4, -0.2) is 37.1 Å². The molecule has 0 spiro atoms. The number of para-hydroxylation sites is 2. The number of aromatic amines is 1. The Hall–Kier alpha value is -3.64. The zero-order valence-corrected chi connectivity index (χ0v) is 23.8. The molecule has 0 saturated carbocycles. The molecule has 1 atom stereocenters. The van der Waals surface area contributed by atoms with Gasteiger partial charge in [-0.15, -0.1) is 10.2 Å². The van der Waals surface area contributed by atoms with Gasteiger partial charge in [-0.05, 0) is 78.4 Å². The summed E-state index contributed by atoms with van der Waals surface area (Å²) in [5.74, 6) is 0.532. The number of aryl methyl sites for hydroxylation is 1. The van der Waals surface area contributed by atoms with E-state index in [2.05, 4.69) is 78.7 Å². The van der Waals surface area contributed by atoms with Crippen molar-refractivity contribution in [3.05, 3.63) is 99.5 Å². The summed E-state index contributed by atoms with van der Waals surface area (Å²) in [6.07, 6.45) is 3.52. The number of nitrogens with one attached hydrogen (secondary N) is 3. The van der Waals surface area contributed by atoms with E-state index in [1.54, 1.807) is 6.21 Å². The summed E-state index contributed by atoms with van der Waals surface area (Å²) < 4.78 is 3.17. The number of thioether (sulfide) groups is 1. The summed E-state index contributed by atoms with van der Waals surface area (Å²) in [5.41, 5.74) is 7.72. The number of anilines is 1. The van der Waals surface area contributed by atoms with E-state index >= 15 is 0 Å². The van der Waals surface area contributed by atoms with Crippen molar-refractivity contribution in [1.29, 1.82) is 0 Å². The third-order valence-corrected chi connectivity index (χ3v) is 7.70. The van der Waals surface area contributed by atoms with Gasteiger partial charge in [0.25, 0.3) is 5.91 Å². The number of H-pyrrole nitrogens is 1. The zero-order valence-electron chi connectivity index (χ0n) is 20.9. The van der Waals surface area contributed by atoms with Crippen molar-refractivity contribution in [3.63, 3.8) is 0 Å². The number of hydrazone groups is 1. The van der Waals surface area contributed by atoms with E-state index in [1.165, 1.54) is 15.3 Å². The van der Waals surface area contributed by atoms with Crippen LogP contribution < -0.4 is 10.7 Å². The van der Waals surface area contributed by atoms with Crippen LogP contribution >= 0.6 is 34.4 Å². The molecule has 2 aromatic heterocycles. The number of halogens is 1. The van der Waals surface area contributed by atoms with Gasteiger partial charge < -0.3 is 10.3 Å². The fraction of sp³-hybridized carbons (Fsp3) is 0.143. The number of benzene rings is 3. The molecule has 5 rings (SSSR count). The summed E-state index contributed by atoms with van der Waals surface area (Å²) in [7, 11) is 0. The standard InChI is InChI=1S/C28H26IN7OS/c1-18-14-21(29)12-13-24(18)31-17-26-33-35-28(36(26)22-8-4-3-5-9-22)38-19(2)27(37)34-32-16-20-15-30-25-11-7-6-10-23(20)25/h3-16,19,30-31H,17H2,1-2H3,(H,34,37). The minimum atomic E-state index is -0.443. The van der Waals surface area contributed by atoms with Crippen LogP contribution in [0, 0.1) is 10.5 Å². The normalized spacial score (nSPS) is 12.2. The van der Waals surface area contributed by atoms with Gasteiger partial charge in [0.15, 0.2) is 11.0 Å². The largest absolute Gasteiger partial charge is 0.378 e. The molecule has 2 heterocycles. The van der Waals surface area contributed by atoms with E-state index < -0.39 is 5.25 Å². The SMILES string of the molecule is Cc1cc(I)ccc1NCc1nnc(SC(C)C(=O)NN=Cc2c[nH]c3ccccc23)n1-c1ccccc1. The Labute approximate surface area is 238 Å². The first-order chi connectivity index (χ1) is 18.5. The van der Waals surface area contributed by atoms with E-state index in [1.807, 2.05) is 72.3 Å². The molecule has 8 nitrogen and oxygen atoms in total. The fourth-order valence-electron chi connectivity index (χ4n) is 4.00. The molecule has 3 N–H and O–H groups in total. The highest BCUT2D eigenvalue weighted by atomic mass is 127. The van der Waals surface area contributed by atoms with Gasteiger partial charge in [-0.3, -0.25) is 9.36 Å². The maximum absolute atomic E-state index is 12.8. The molecule has 0 bridgehead atoms. The van der Waals surface area contributed by atoms with E-state index in [0.717, 1.165) is 39.2 Å². The molecular weight excluding hydrogens is 609 g/mol. The first kappa shape index (κ1) is 26.0. The number of aromatic nitrogens is 4. The highest BCUT2D eigenvalue weighted by Gasteiger charge is 2.21. The topological polar surface area (TPSA) is 100.0 Å². The number of nitrogens with zero attached hydrogens (tertiary/aromatic N) is 4. The summed E-state index contributed by atoms with van der Waals surface area (Å²) in [5, 5.41) is 17.8. The van der Waals surface area contributed by atoms with Gasteiger partial charge in [-0.25, -0.2) is 5.43 Å². The average molecular weight is 636 g/mol. The van der Waals surface area contributed by atoms with E-state index in [-0.39, 0.29) is 5.91 Å². The van der Waals surface area contributed by atoms with Crippen LogP contribution in [0.1, 0.15) is 23.9 Å². The molecule has 192 valence electrons. The molecular formula is C28H26IN7OS. The van der Waals surface area contributed by atoms with Gasteiger partial charge in [-0.2, -0.15) is 5.10 Å². The lowest BCUT2D eigenvalue weighted by atomic mass is 10.2. The Kier molecular flexibility index (Phi) is 8.08. The lowest BCUT2D eigenvalue weighted by Crippen LogP contribution is -2.27. The Morgan fingerprint density at radius 3 is 2.74 bits per heavy atom. The van der Waals surface area contributed by atoms with Crippen LogP contribution in [0.4, 0.5) is 5.69 Å². The van der Waals surface area contributed by atoms with Crippen LogP contribution in [0.2, 0.25) is 0 Å². The second-order valence-electron chi connectivity index (χ2n) is 8.67. The van der Waals surface area contributed by atoms with Gasteiger partial charge >= 0.3 is 0 Å². The lowest BCUT2D eigenvalue weighted by molar-refractivity contribution is -0.120. The summed E-state index contributed by atoms with van der Waals surface area (Å²) in [6, 6.07) is 24.1. The smallest absolute Gasteiger partial charge is 0.253 e. The summed E-state index contributed by atoms with van der Waals surface area (Å²) >= 11 is 3.65. The molecule has 38 heavy (non-hydrogen) atoms. The molecule has 0 aliphatic heterocycles.